The number of piperazine rings is 1. The lowest BCUT2D eigenvalue weighted by Gasteiger charge is -2.50. The molecule has 0 spiro atoms. The average Bonchev–Trinajstić information content (AvgIpc) is 2.37. The number of ether oxygens (including phenoxy) is 1. The summed E-state index contributed by atoms with van der Waals surface area (Å²) in [4.78, 5) is 2.67. The van der Waals surface area contributed by atoms with E-state index in [0.29, 0.717) is 11.6 Å². The molecule has 114 valence electrons. The van der Waals surface area contributed by atoms with Crippen molar-refractivity contribution in [2.24, 2.45) is 0 Å². The SMILES string of the molecule is CCC1CN(CCOC(C)(C)C)C(CC)(CC)CN1. The highest BCUT2D eigenvalue weighted by molar-refractivity contribution is 4.97. The summed E-state index contributed by atoms with van der Waals surface area (Å²) in [7, 11) is 0. The molecule has 1 saturated heterocycles. The number of hydrogen-bond acceptors (Lipinski definition) is 3. The van der Waals surface area contributed by atoms with Gasteiger partial charge < -0.3 is 10.1 Å². The second-order valence-corrected chi connectivity index (χ2v) is 6.82. The minimum atomic E-state index is -0.0285. The molecule has 19 heavy (non-hydrogen) atoms. The van der Waals surface area contributed by atoms with E-state index < -0.39 is 0 Å². The zero-order chi connectivity index (χ0) is 14.5. The van der Waals surface area contributed by atoms with Gasteiger partial charge in [-0.2, -0.15) is 0 Å². The third kappa shape index (κ3) is 4.73. The van der Waals surface area contributed by atoms with E-state index in [9.17, 15) is 0 Å². The maximum atomic E-state index is 5.92. The molecule has 1 heterocycles. The minimum Gasteiger partial charge on any atom is -0.375 e. The van der Waals surface area contributed by atoms with Gasteiger partial charge in [0.25, 0.3) is 0 Å². The van der Waals surface area contributed by atoms with Gasteiger partial charge in [0.15, 0.2) is 0 Å². The summed E-state index contributed by atoms with van der Waals surface area (Å²) in [6.45, 7) is 17.5. The van der Waals surface area contributed by atoms with Crippen LogP contribution in [0.1, 0.15) is 60.8 Å². The standard InChI is InChI=1S/C16H34N2O/c1-7-14-12-18(10-11-19-15(4,5)6)16(8-2,9-3)13-17-14/h14,17H,7-13H2,1-6H3. The normalized spacial score (nSPS) is 24.6. The van der Waals surface area contributed by atoms with Crippen LogP contribution < -0.4 is 5.32 Å². The Morgan fingerprint density at radius 1 is 1.21 bits per heavy atom. The minimum absolute atomic E-state index is 0.0285. The van der Waals surface area contributed by atoms with Crippen molar-refractivity contribution in [2.45, 2.75) is 78.0 Å². The summed E-state index contributed by atoms with van der Waals surface area (Å²) in [5, 5.41) is 3.72. The third-order valence-electron chi connectivity index (χ3n) is 4.54. The number of rotatable bonds is 6. The van der Waals surface area contributed by atoms with Crippen LogP contribution in [0.2, 0.25) is 0 Å². The van der Waals surface area contributed by atoms with Gasteiger partial charge >= 0.3 is 0 Å². The third-order valence-corrected chi connectivity index (χ3v) is 4.54. The van der Waals surface area contributed by atoms with Crippen molar-refractivity contribution in [3.05, 3.63) is 0 Å². The van der Waals surface area contributed by atoms with Crippen LogP contribution in [0.3, 0.4) is 0 Å². The first-order chi connectivity index (χ1) is 8.87. The zero-order valence-corrected chi connectivity index (χ0v) is 13.9. The Bertz CT molecular complexity index is 256. The summed E-state index contributed by atoms with van der Waals surface area (Å²) < 4.78 is 5.92. The van der Waals surface area contributed by atoms with Crippen molar-refractivity contribution in [2.75, 3.05) is 26.2 Å². The molecule has 0 radical (unpaired) electrons. The van der Waals surface area contributed by atoms with Crippen LogP contribution in [0.15, 0.2) is 0 Å². The monoisotopic (exact) mass is 270 g/mol. The molecule has 0 amide bonds. The van der Waals surface area contributed by atoms with Crippen molar-refractivity contribution in [1.82, 2.24) is 10.2 Å². The molecule has 1 aliphatic rings. The Kier molecular flexibility index (Phi) is 6.28. The van der Waals surface area contributed by atoms with Crippen LogP contribution in [0, 0.1) is 0 Å². The molecule has 1 unspecified atom stereocenters. The molecule has 0 aromatic rings. The molecular weight excluding hydrogens is 236 g/mol. The predicted molar refractivity (Wildman–Crippen MR) is 82.7 cm³/mol. The Morgan fingerprint density at radius 3 is 2.32 bits per heavy atom. The summed E-state index contributed by atoms with van der Waals surface area (Å²) in [5.74, 6) is 0. The van der Waals surface area contributed by atoms with Crippen molar-refractivity contribution < 1.29 is 4.74 Å². The number of nitrogens with zero attached hydrogens (tertiary/aromatic N) is 1. The molecule has 0 saturated carbocycles. The fourth-order valence-corrected chi connectivity index (χ4v) is 2.98. The van der Waals surface area contributed by atoms with Gasteiger partial charge in [-0.15, -0.1) is 0 Å². The largest absolute Gasteiger partial charge is 0.375 e. The van der Waals surface area contributed by atoms with Gasteiger partial charge in [0.2, 0.25) is 0 Å². The summed E-state index contributed by atoms with van der Waals surface area (Å²) in [5.41, 5.74) is 0.298. The quantitative estimate of drug-likeness (QED) is 0.803. The summed E-state index contributed by atoms with van der Waals surface area (Å²) in [6.07, 6.45) is 3.63. The van der Waals surface area contributed by atoms with E-state index >= 15 is 0 Å². The lowest BCUT2D eigenvalue weighted by Crippen LogP contribution is -2.64. The van der Waals surface area contributed by atoms with E-state index in [4.69, 9.17) is 4.74 Å². The first-order valence-electron chi connectivity index (χ1n) is 7.99. The van der Waals surface area contributed by atoms with Crippen LogP contribution in [0.25, 0.3) is 0 Å². The van der Waals surface area contributed by atoms with Crippen LogP contribution in [-0.2, 0) is 4.74 Å². The van der Waals surface area contributed by atoms with E-state index in [1.807, 2.05) is 0 Å². The Balaban J connectivity index is 2.61. The maximum absolute atomic E-state index is 5.92. The molecule has 0 aliphatic carbocycles. The van der Waals surface area contributed by atoms with Crippen molar-refractivity contribution >= 4 is 0 Å². The molecule has 3 nitrogen and oxygen atoms in total. The highest BCUT2D eigenvalue weighted by Crippen LogP contribution is 2.27. The molecule has 1 aliphatic heterocycles. The van der Waals surface area contributed by atoms with E-state index in [1.165, 1.54) is 19.3 Å². The molecule has 1 N–H and O–H groups in total. The average molecular weight is 270 g/mol. The number of hydrogen-bond donors (Lipinski definition) is 1. The van der Waals surface area contributed by atoms with Gasteiger partial charge in [-0.25, -0.2) is 0 Å². The first kappa shape index (κ1) is 16.9. The Hall–Kier alpha value is -0.120. The highest BCUT2D eigenvalue weighted by atomic mass is 16.5. The summed E-state index contributed by atoms with van der Waals surface area (Å²) in [6, 6.07) is 0.640. The highest BCUT2D eigenvalue weighted by Gasteiger charge is 2.38. The fraction of sp³-hybridized carbons (Fsp3) is 1.00. The molecule has 0 aromatic carbocycles. The van der Waals surface area contributed by atoms with E-state index in [0.717, 1.165) is 26.2 Å². The van der Waals surface area contributed by atoms with Gasteiger partial charge in [-0.1, -0.05) is 20.8 Å². The fourth-order valence-electron chi connectivity index (χ4n) is 2.98. The number of nitrogens with one attached hydrogen (secondary N) is 1. The van der Waals surface area contributed by atoms with Gasteiger partial charge in [-0.05, 0) is 40.0 Å². The molecule has 1 rings (SSSR count). The van der Waals surface area contributed by atoms with Gasteiger partial charge in [-0.3, -0.25) is 4.90 Å². The van der Waals surface area contributed by atoms with Crippen LogP contribution in [0.4, 0.5) is 0 Å². The molecular formula is C16H34N2O. The zero-order valence-electron chi connectivity index (χ0n) is 13.9. The second-order valence-electron chi connectivity index (χ2n) is 6.82. The predicted octanol–water partition coefficient (Wildman–Crippen LogP) is 3.04. The van der Waals surface area contributed by atoms with Crippen molar-refractivity contribution in [3.63, 3.8) is 0 Å². The van der Waals surface area contributed by atoms with Gasteiger partial charge in [0.05, 0.1) is 12.2 Å². The van der Waals surface area contributed by atoms with E-state index in [1.54, 1.807) is 0 Å². The van der Waals surface area contributed by atoms with Crippen molar-refractivity contribution in [3.8, 4) is 0 Å². The topological polar surface area (TPSA) is 24.5 Å². The smallest absolute Gasteiger partial charge is 0.0600 e. The molecule has 3 heteroatoms. The lowest BCUT2D eigenvalue weighted by atomic mass is 9.87. The molecule has 1 atom stereocenters. The molecule has 0 aromatic heterocycles. The lowest BCUT2D eigenvalue weighted by molar-refractivity contribution is -0.0420. The van der Waals surface area contributed by atoms with Gasteiger partial charge in [0.1, 0.15) is 0 Å². The van der Waals surface area contributed by atoms with Crippen LogP contribution in [-0.4, -0.2) is 48.3 Å². The van der Waals surface area contributed by atoms with E-state index in [2.05, 4.69) is 51.8 Å². The van der Waals surface area contributed by atoms with Crippen LogP contribution in [0.5, 0.6) is 0 Å². The van der Waals surface area contributed by atoms with Crippen molar-refractivity contribution in [1.29, 1.82) is 0 Å². The van der Waals surface area contributed by atoms with Gasteiger partial charge in [0, 0.05) is 31.2 Å². The summed E-state index contributed by atoms with van der Waals surface area (Å²) >= 11 is 0. The molecule has 0 bridgehead atoms. The molecule has 1 fully saturated rings. The second kappa shape index (κ2) is 7.05. The van der Waals surface area contributed by atoms with Crippen LogP contribution >= 0.6 is 0 Å². The van der Waals surface area contributed by atoms with E-state index in [-0.39, 0.29) is 5.60 Å². The maximum Gasteiger partial charge on any atom is 0.0600 e. The Morgan fingerprint density at radius 2 is 1.84 bits per heavy atom. The first-order valence-corrected chi connectivity index (χ1v) is 7.99. The Labute approximate surface area is 120 Å².